The Morgan fingerprint density at radius 2 is 2.26 bits per heavy atom. The maximum absolute atomic E-state index is 12.0. The fraction of sp³-hybridized carbons (Fsp3) is 0.643. The van der Waals surface area contributed by atoms with E-state index in [1.807, 2.05) is 20.8 Å². The molecule has 0 spiro atoms. The minimum Gasteiger partial charge on any atom is -0.444 e. The lowest BCUT2D eigenvalue weighted by Crippen LogP contribution is -2.39. The lowest BCUT2D eigenvalue weighted by Gasteiger charge is -2.29. The molecule has 2 heterocycles. The second kappa shape index (κ2) is 5.51. The Morgan fingerprint density at radius 3 is 2.89 bits per heavy atom. The van der Waals surface area contributed by atoms with Gasteiger partial charge >= 0.3 is 6.09 Å². The number of hydrogen-bond donors (Lipinski definition) is 1. The Kier molecular flexibility index (Phi) is 4.16. The molecule has 1 aliphatic rings. The van der Waals surface area contributed by atoms with Crippen LogP contribution in [0.3, 0.4) is 0 Å². The zero-order valence-electron chi connectivity index (χ0n) is 11.7. The Morgan fingerprint density at radius 1 is 1.53 bits per heavy atom. The van der Waals surface area contributed by atoms with E-state index in [9.17, 15) is 4.79 Å². The van der Waals surface area contributed by atoms with Gasteiger partial charge in [-0.25, -0.2) is 4.79 Å². The molecule has 2 rings (SSSR count). The Hall–Kier alpha value is -1.07. The van der Waals surface area contributed by atoms with Crippen molar-refractivity contribution in [2.75, 3.05) is 13.2 Å². The van der Waals surface area contributed by atoms with E-state index in [-0.39, 0.29) is 12.7 Å². The van der Waals surface area contributed by atoms with Crippen LogP contribution in [0.25, 0.3) is 0 Å². The van der Waals surface area contributed by atoms with Gasteiger partial charge < -0.3 is 14.7 Å². The highest BCUT2D eigenvalue weighted by molar-refractivity contribution is 7.12. The van der Waals surface area contributed by atoms with Gasteiger partial charge in [-0.2, -0.15) is 0 Å². The summed E-state index contributed by atoms with van der Waals surface area (Å²) in [6.45, 7) is 7.14. The highest BCUT2D eigenvalue weighted by Gasteiger charge is 2.26. The van der Waals surface area contributed by atoms with Gasteiger partial charge in [0.15, 0.2) is 0 Å². The van der Waals surface area contributed by atoms with Crippen molar-refractivity contribution in [3.8, 4) is 0 Å². The van der Waals surface area contributed by atoms with Crippen molar-refractivity contribution >= 4 is 17.4 Å². The van der Waals surface area contributed by atoms with Crippen LogP contribution in [0, 0.1) is 0 Å². The molecule has 1 aromatic heterocycles. The summed E-state index contributed by atoms with van der Waals surface area (Å²) < 4.78 is 5.40. The highest BCUT2D eigenvalue weighted by Crippen LogP contribution is 2.29. The Balaban J connectivity index is 2.03. The largest absolute Gasteiger partial charge is 0.444 e. The summed E-state index contributed by atoms with van der Waals surface area (Å²) in [4.78, 5) is 16.3. The van der Waals surface area contributed by atoms with Crippen molar-refractivity contribution < 1.29 is 14.6 Å². The number of aliphatic hydroxyl groups is 1. The average molecular weight is 283 g/mol. The summed E-state index contributed by atoms with van der Waals surface area (Å²) in [5.74, 6) is 0. The van der Waals surface area contributed by atoms with E-state index in [2.05, 4.69) is 6.07 Å². The lowest BCUT2D eigenvalue weighted by atomic mass is 10.1. The van der Waals surface area contributed by atoms with Gasteiger partial charge in [0.25, 0.3) is 0 Å². The number of carbonyl (C=O) groups is 1. The first-order chi connectivity index (χ1) is 8.89. The number of aliphatic hydroxyl groups excluding tert-OH is 1. The molecule has 0 atom stereocenters. The predicted octanol–water partition coefficient (Wildman–Crippen LogP) is 2.58. The zero-order valence-corrected chi connectivity index (χ0v) is 12.5. The molecule has 1 aromatic rings. The molecule has 0 unspecified atom stereocenters. The van der Waals surface area contributed by atoms with Gasteiger partial charge in [-0.15, -0.1) is 11.3 Å². The van der Waals surface area contributed by atoms with Crippen molar-refractivity contribution in [3.63, 3.8) is 0 Å². The van der Waals surface area contributed by atoms with E-state index in [1.165, 1.54) is 15.3 Å². The minimum atomic E-state index is -0.450. The standard InChI is InChI=1S/C14H21NO3S/c1-14(2,3)18-13(17)15-6-4-12-10(9-15)8-11(19-12)5-7-16/h8,16H,4-7,9H2,1-3H3. The van der Waals surface area contributed by atoms with Gasteiger partial charge in [0.05, 0.1) is 6.54 Å². The third kappa shape index (κ3) is 3.70. The van der Waals surface area contributed by atoms with Gasteiger partial charge in [-0.1, -0.05) is 0 Å². The Labute approximate surface area is 118 Å². The number of rotatable bonds is 2. The van der Waals surface area contributed by atoms with Crippen LogP contribution in [0.1, 0.15) is 36.1 Å². The average Bonchev–Trinajstić information content (AvgIpc) is 2.68. The molecule has 106 valence electrons. The van der Waals surface area contributed by atoms with Crippen LogP contribution >= 0.6 is 11.3 Å². The van der Waals surface area contributed by atoms with Gasteiger partial charge in [0, 0.05) is 29.3 Å². The molecule has 0 aliphatic carbocycles. The maximum Gasteiger partial charge on any atom is 0.410 e. The van der Waals surface area contributed by atoms with Gasteiger partial charge in [-0.05, 0) is 38.8 Å². The third-order valence-electron chi connectivity index (χ3n) is 2.93. The molecule has 5 heteroatoms. The second-order valence-corrected chi connectivity index (χ2v) is 7.01. The quantitative estimate of drug-likeness (QED) is 0.907. The van der Waals surface area contributed by atoms with E-state index < -0.39 is 5.60 Å². The monoisotopic (exact) mass is 283 g/mol. The summed E-state index contributed by atoms with van der Waals surface area (Å²) in [6.07, 6.45) is 1.34. The molecule has 0 fully saturated rings. The van der Waals surface area contributed by atoms with Gasteiger partial charge in [0.2, 0.25) is 0 Å². The summed E-state index contributed by atoms with van der Waals surface area (Å²) in [5.41, 5.74) is 0.749. The molecule has 4 nitrogen and oxygen atoms in total. The van der Waals surface area contributed by atoms with Crippen LogP contribution in [0.15, 0.2) is 6.07 Å². The summed E-state index contributed by atoms with van der Waals surface area (Å²) in [7, 11) is 0. The molecular formula is C14H21NO3S. The number of hydrogen-bond acceptors (Lipinski definition) is 4. The summed E-state index contributed by atoms with van der Waals surface area (Å²) >= 11 is 1.75. The Bertz CT molecular complexity index is 462. The molecule has 19 heavy (non-hydrogen) atoms. The van der Waals surface area contributed by atoms with Crippen LogP contribution in [0.2, 0.25) is 0 Å². The number of amides is 1. The smallest absolute Gasteiger partial charge is 0.410 e. The van der Waals surface area contributed by atoms with Crippen LogP contribution in [-0.4, -0.2) is 34.9 Å². The third-order valence-corrected chi connectivity index (χ3v) is 4.22. The number of carbonyl (C=O) groups excluding carboxylic acids is 1. The van der Waals surface area contributed by atoms with E-state index in [0.29, 0.717) is 19.5 Å². The summed E-state index contributed by atoms with van der Waals surface area (Å²) in [6, 6.07) is 2.10. The molecule has 0 radical (unpaired) electrons. The predicted molar refractivity (Wildman–Crippen MR) is 75.5 cm³/mol. The van der Waals surface area contributed by atoms with Gasteiger partial charge in [0.1, 0.15) is 5.60 Å². The van der Waals surface area contributed by atoms with Crippen molar-refractivity contribution in [3.05, 3.63) is 21.4 Å². The maximum atomic E-state index is 12.0. The van der Waals surface area contributed by atoms with Crippen molar-refractivity contribution in [2.24, 2.45) is 0 Å². The van der Waals surface area contributed by atoms with Crippen molar-refractivity contribution in [1.29, 1.82) is 0 Å². The highest BCUT2D eigenvalue weighted by atomic mass is 32.1. The first-order valence-electron chi connectivity index (χ1n) is 6.58. The summed E-state index contributed by atoms with van der Waals surface area (Å²) in [5, 5.41) is 8.97. The number of nitrogens with zero attached hydrogens (tertiary/aromatic N) is 1. The first kappa shape index (κ1) is 14.3. The molecule has 1 aliphatic heterocycles. The fourth-order valence-corrected chi connectivity index (χ4v) is 3.27. The first-order valence-corrected chi connectivity index (χ1v) is 7.40. The van der Waals surface area contributed by atoms with E-state index in [4.69, 9.17) is 9.84 Å². The minimum absolute atomic E-state index is 0.176. The normalized spacial score (nSPS) is 15.3. The van der Waals surface area contributed by atoms with Crippen molar-refractivity contribution in [1.82, 2.24) is 4.90 Å². The fourth-order valence-electron chi connectivity index (χ4n) is 2.11. The lowest BCUT2D eigenvalue weighted by molar-refractivity contribution is 0.0225. The molecule has 1 amide bonds. The molecule has 0 saturated carbocycles. The molecular weight excluding hydrogens is 262 g/mol. The van der Waals surface area contributed by atoms with Gasteiger partial charge in [-0.3, -0.25) is 0 Å². The molecule has 0 aromatic carbocycles. The van der Waals surface area contributed by atoms with Crippen LogP contribution in [-0.2, 0) is 24.1 Å². The van der Waals surface area contributed by atoms with E-state index in [0.717, 1.165) is 6.42 Å². The number of fused-ring (bicyclic) bond motifs is 1. The molecule has 0 bridgehead atoms. The van der Waals surface area contributed by atoms with E-state index in [1.54, 1.807) is 16.2 Å². The van der Waals surface area contributed by atoms with Crippen LogP contribution in [0.4, 0.5) is 4.79 Å². The zero-order chi connectivity index (χ0) is 14.0. The molecule has 1 N–H and O–H groups in total. The molecule has 0 saturated heterocycles. The number of thiophene rings is 1. The second-order valence-electron chi connectivity index (χ2n) is 5.79. The SMILES string of the molecule is CC(C)(C)OC(=O)N1CCc2sc(CCO)cc2C1. The van der Waals surface area contributed by atoms with Crippen LogP contribution in [0.5, 0.6) is 0 Å². The van der Waals surface area contributed by atoms with Crippen molar-refractivity contribution in [2.45, 2.75) is 45.8 Å². The topological polar surface area (TPSA) is 49.8 Å². The number of ether oxygens (including phenoxy) is 1. The van der Waals surface area contributed by atoms with Crippen LogP contribution < -0.4 is 0 Å². The van der Waals surface area contributed by atoms with E-state index >= 15 is 0 Å².